The van der Waals surface area contributed by atoms with E-state index in [0.717, 1.165) is 11.3 Å². The fraction of sp³-hybridized carbons (Fsp3) is 0.278. The van der Waals surface area contributed by atoms with E-state index in [4.69, 9.17) is 14.2 Å². The average Bonchev–Trinajstić information content (AvgIpc) is 2.52. The molecule has 0 spiro atoms. The van der Waals surface area contributed by atoms with Crippen molar-refractivity contribution in [3.05, 3.63) is 54.1 Å². The highest BCUT2D eigenvalue weighted by molar-refractivity contribution is 5.76. The quantitative estimate of drug-likeness (QED) is 0.578. The summed E-state index contributed by atoms with van der Waals surface area (Å²) in [5.74, 6) is 1.49. The highest BCUT2D eigenvalue weighted by atomic mass is 16.6. The SMILES string of the molecule is CCOc1ccc(CC(=O)Oc2ccccc2OCC)cc1. The molecule has 0 saturated heterocycles. The van der Waals surface area contributed by atoms with E-state index < -0.39 is 0 Å². The molecule has 116 valence electrons. The Kier molecular flexibility index (Phi) is 5.83. The molecule has 2 aromatic carbocycles. The van der Waals surface area contributed by atoms with Gasteiger partial charge in [0.25, 0.3) is 0 Å². The van der Waals surface area contributed by atoms with Crippen molar-refractivity contribution < 1.29 is 19.0 Å². The first-order valence-electron chi connectivity index (χ1n) is 7.37. The Hall–Kier alpha value is -2.49. The third kappa shape index (κ3) is 4.52. The summed E-state index contributed by atoms with van der Waals surface area (Å²) in [6.07, 6.45) is 0.201. The second-order valence-corrected chi connectivity index (χ2v) is 4.61. The molecule has 0 heterocycles. The molecule has 0 unspecified atom stereocenters. The molecule has 0 saturated carbocycles. The second-order valence-electron chi connectivity index (χ2n) is 4.61. The predicted octanol–water partition coefficient (Wildman–Crippen LogP) is 3.63. The lowest BCUT2D eigenvalue weighted by atomic mass is 10.1. The van der Waals surface area contributed by atoms with Crippen LogP contribution >= 0.6 is 0 Å². The van der Waals surface area contributed by atoms with Crippen LogP contribution in [-0.4, -0.2) is 19.2 Å². The molecule has 0 aromatic heterocycles. The molecule has 4 nitrogen and oxygen atoms in total. The van der Waals surface area contributed by atoms with Crippen molar-refractivity contribution in [3.63, 3.8) is 0 Å². The van der Waals surface area contributed by atoms with Gasteiger partial charge in [0.05, 0.1) is 19.6 Å². The Labute approximate surface area is 130 Å². The fourth-order valence-electron chi connectivity index (χ4n) is 2.00. The van der Waals surface area contributed by atoms with Crippen molar-refractivity contribution in [3.8, 4) is 17.2 Å². The molecule has 0 aliphatic rings. The van der Waals surface area contributed by atoms with Gasteiger partial charge in [-0.05, 0) is 43.7 Å². The summed E-state index contributed by atoms with van der Waals surface area (Å²) in [4.78, 5) is 12.0. The van der Waals surface area contributed by atoms with Gasteiger partial charge in [0.2, 0.25) is 0 Å². The van der Waals surface area contributed by atoms with Crippen LogP contribution in [0.4, 0.5) is 0 Å². The zero-order valence-corrected chi connectivity index (χ0v) is 12.9. The van der Waals surface area contributed by atoms with Gasteiger partial charge in [-0.2, -0.15) is 0 Å². The number of rotatable bonds is 7. The number of esters is 1. The van der Waals surface area contributed by atoms with Crippen molar-refractivity contribution in [1.29, 1.82) is 0 Å². The fourth-order valence-corrected chi connectivity index (χ4v) is 2.00. The maximum atomic E-state index is 12.0. The molecule has 0 atom stereocenters. The Bertz CT molecular complexity index is 605. The van der Waals surface area contributed by atoms with Crippen molar-refractivity contribution >= 4 is 5.97 Å². The molecule has 0 fully saturated rings. The summed E-state index contributed by atoms with van der Waals surface area (Å²) in [5, 5.41) is 0. The third-order valence-electron chi connectivity index (χ3n) is 2.96. The molecule has 0 N–H and O–H groups in total. The number of ether oxygens (including phenoxy) is 3. The lowest BCUT2D eigenvalue weighted by Gasteiger charge is -2.10. The lowest BCUT2D eigenvalue weighted by Crippen LogP contribution is -2.12. The number of benzene rings is 2. The molecule has 2 aromatic rings. The van der Waals surface area contributed by atoms with Crippen LogP contribution in [-0.2, 0) is 11.2 Å². The summed E-state index contributed by atoms with van der Waals surface area (Å²) in [7, 11) is 0. The van der Waals surface area contributed by atoms with E-state index in [0.29, 0.717) is 24.7 Å². The van der Waals surface area contributed by atoms with Gasteiger partial charge in [-0.15, -0.1) is 0 Å². The first-order chi connectivity index (χ1) is 10.7. The van der Waals surface area contributed by atoms with E-state index in [-0.39, 0.29) is 12.4 Å². The first-order valence-corrected chi connectivity index (χ1v) is 7.37. The van der Waals surface area contributed by atoms with E-state index >= 15 is 0 Å². The van der Waals surface area contributed by atoms with Crippen LogP contribution in [0.3, 0.4) is 0 Å². The molecule has 0 amide bonds. The third-order valence-corrected chi connectivity index (χ3v) is 2.96. The Balaban J connectivity index is 1.98. The van der Waals surface area contributed by atoms with Gasteiger partial charge in [0, 0.05) is 0 Å². The minimum Gasteiger partial charge on any atom is -0.494 e. The molecular weight excluding hydrogens is 280 g/mol. The van der Waals surface area contributed by atoms with Gasteiger partial charge in [0.15, 0.2) is 11.5 Å². The maximum absolute atomic E-state index is 12.0. The normalized spacial score (nSPS) is 10.1. The van der Waals surface area contributed by atoms with E-state index in [9.17, 15) is 4.79 Å². The van der Waals surface area contributed by atoms with Crippen molar-refractivity contribution in [2.75, 3.05) is 13.2 Å². The Morgan fingerprint density at radius 1 is 0.864 bits per heavy atom. The van der Waals surface area contributed by atoms with Crippen LogP contribution in [0.2, 0.25) is 0 Å². The van der Waals surface area contributed by atoms with Crippen LogP contribution in [0.5, 0.6) is 17.2 Å². The zero-order chi connectivity index (χ0) is 15.8. The van der Waals surface area contributed by atoms with Crippen LogP contribution in [0.25, 0.3) is 0 Å². The van der Waals surface area contributed by atoms with Crippen molar-refractivity contribution in [2.24, 2.45) is 0 Å². The van der Waals surface area contributed by atoms with Crippen LogP contribution in [0, 0.1) is 0 Å². The number of carbonyl (C=O) groups is 1. The topological polar surface area (TPSA) is 44.8 Å². The minimum atomic E-state index is -0.323. The summed E-state index contributed by atoms with van der Waals surface area (Å²) in [6.45, 7) is 4.96. The van der Waals surface area contributed by atoms with Crippen LogP contribution in [0.15, 0.2) is 48.5 Å². The van der Waals surface area contributed by atoms with E-state index in [1.54, 1.807) is 12.1 Å². The molecule has 0 aliphatic carbocycles. The molecule has 0 radical (unpaired) electrons. The second kappa shape index (κ2) is 8.08. The van der Waals surface area contributed by atoms with E-state index in [2.05, 4.69) is 0 Å². The van der Waals surface area contributed by atoms with Gasteiger partial charge in [-0.1, -0.05) is 24.3 Å². The summed E-state index contributed by atoms with van der Waals surface area (Å²) in [5.41, 5.74) is 0.877. The number of hydrogen-bond acceptors (Lipinski definition) is 4. The number of para-hydroxylation sites is 2. The summed E-state index contributed by atoms with van der Waals surface area (Å²) in [6, 6.07) is 14.6. The molecular formula is C18H20O4. The van der Waals surface area contributed by atoms with E-state index in [1.807, 2.05) is 50.2 Å². The molecule has 2 rings (SSSR count). The first kappa shape index (κ1) is 15.9. The highest BCUT2D eigenvalue weighted by Crippen LogP contribution is 2.26. The van der Waals surface area contributed by atoms with Gasteiger partial charge in [-0.3, -0.25) is 4.79 Å². The maximum Gasteiger partial charge on any atom is 0.315 e. The van der Waals surface area contributed by atoms with Gasteiger partial charge >= 0.3 is 5.97 Å². The lowest BCUT2D eigenvalue weighted by molar-refractivity contribution is -0.133. The Morgan fingerprint density at radius 3 is 2.14 bits per heavy atom. The number of hydrogen-bond donors (Lipinski definition) is 0. The van der Waals surface area contributed by atoms with Gasteiger partial charge in [-0.25, -0.2) is 0 Å². The summed E-state index contributed by atoms with van der Waals surface area (Å²) >= 11 is 0. The van der Waals surface area contributed by atoms with Crippen molar-refractivity contribution in [1.82, 2.24) is 0 Å². The smallest absolute Gasteiger partial charge is 0.315 e. The average molecular weight is 300 g/mol. The predicted molar refractivity (Wildman–Crippen MR) is 84.6 cm³/mol. The summed E-state index contributed by atoms with van der Waals surface area (Å²) < 4.78 is 16.2. The van der Waals surface area contributed by atoms with Crippen LogP contribution < -0.4 is 14.2 Å². The van der Waals surface area contributed by atoms with E-state index in [1.165, 1.54) is 0 Å². The monoisotopic (exact) mass is 300 g/mol. The molecule has 4 heteroatoms. The highest BCUT2D eigenvalue weighted by Gasteiger charge is 2.10. The molecule has 0 aliphatic heterocycles. The minimum absolute atomic E-state index is 0.201. The molecule has 22 heavy (non-hydrogen) atoms. The van der Waals surface area contributed by atoms with Gasteiger partial charge < -0.3 is 14.2 Å². The van der Waals surface area contributed by atoms with Gasteiger partial charge in [0.1, 0.15) is 5.75 Å². The number of carbonyl (C=O) groups excluding carboxylic acids is 1. The zero-order valence-electron chi connectivity index (χ0n) is 12.9. The largest absolute Gasteiger partial charge is 0.494 e. The molecule has 0 bridgehead atoms. The standard InChI is InChI=1S/C18H20O4/c1-3-20-15-11-9-14(10-12-15)13-18(19)22-17-8-6-5-7-16(17)21-4-2/h5-12H,3-4,13H2,1-2H3. The van der Waals surface area contributed by atoms with Crippen molar-refractivity contribution in [2.45, 2.75) is 20.3 Å². The van der Waals surface area contributed by atoms with Crippen LogP contribution in [0.1, 0.15) is 19.4 Å². The Morgan fingerprint density at radius 2 is 1.50 bits per heavy atom.